The predicted molar refractivity (Wildman–Crippen MR) is 166 cm³/mol. The number of benzene rings is 1. The highest BCUT2D eigenvalue weighted by Crippen LogP contribution is 2.41. The van der Waals surface area contributed by atoms with Crippen molar-refractivity contribution in [2.45, 2.75) is 72.2 Å². The molecule has 1 N–H and O–H groups in total. The molecule has 0 spiro atoms. The zero-order valence-electron chi connectivity index (χ0n) is 25.0. The van der Waals surface area contributed by atoms with E-state index in [0.29, 0.717) is 48.9 Å². The summed E-state index contributed by atoms with van der Waals surface area (Å²) in [6.07, 6.45) is 1.28. The fourth-order valence-corrected chi connectivity index (χ4v) is 6.31. The Morgan fingerprint density at radius 3 is 2.49 bits per heavy atom. The Balaban J connectivity index is 1.67. The van der Waals surface area contributed by atoms with Crippen LogP contribution >= 0.6 is 11.3 Å². The van der Waals surface area contributed by atoms with Crippen molar-refractivity contribution in [3.05, 3.63) is 53.3 Å². The molecule has 3 aromatic rings. The van der Waals surface area contributed by atoms with Crippen LogP contribution in [-0.2, 0) is 11.0 Å². The number of nitrogens with zero attached hydrogens (tertiary/aromatic N) is 5. The first-order chi connectivity index (χ1) is 19.2. The second-order valence-electron chi connectivity index (χ2n) is 12.5. The highest BCUT2D eigenvalue weighted by molar-refractivity contribution is 7.19. The fraction of sp³-hybridized carbons (Fsp3) is 0.452. The lowest BCUT2D eigenvalue weighted by Crippen LogP contribution is -2.43. The quantitative estimate of drug-likeness (QED) is 0.296. The van der Waals surface area contributed by atoms with Crippen LogP contribution in [0.1, 0.15) is 57.5 Å². The summed E-state index contributed by atoms with van der Waals surface area (Å²) in [5, 5.41) is 22.5. The second-order valence-corrected chi connectivity index (χ2v) is 18.3. The highest BCUT2D eigenvalue weighted by atomic mass is 32.1. The maximum absolute atomic E-state index is 13.2. The molecule has 1 aromatic carbocycles. The Morgan fingerprint density at radius 1 is 1.15 bits per heavy atom. The van der Waals surface area contributed by atoms with Gasteiger partial charge >= 0.3 is 6.03 Å². The zero-order valence-corrected chi connectivity index (χ0v) is 26.8. The maximum atomic E-state index is 13.2. The molecular formula is C31H38N6O2SSi. The van der Waals surface area contributed by atoms with E-state index in [2.05, 4.69) is 51.3 Å². The van der Waals surface area contributed by atoms with E-state index in [9.17, 15) is 15.3 Å². The Labute approximate surface area is 248 Å². The summed E-state index contributed by atoms with van der Waals surface area (Å²) in [6, 6.07) is 15.7. The molecule has 10 heteroatoms. The normalized spacial score (nSPS) is 15.2. The lowest BCUT2D eigenvalue weighted by atomic mass is 9.82. The van der Waals surface area contributed by atoms with Gasteiger partial charge in [0.15, 0.2) is 13.4 Å². The van der Waals surface area contributed by atoms with Gasteiger partial charge in [0, 0.05) is 24.3 Å². The minimum atomic E-state index is -1.97. The van der Waals surface area contributed by atoms with Gasteiger partial charge in [0.25, 0.3) is 0 Å². The number of nitrogens with one attached hydrogen (secondary N) is 1. The van der Waals surface area contributed by atoms with Crippen molar-refractivity contribution in [3.63, 3.8) is 0 Å². The van der Waals surface area contributed by atoms with Gasteiger partial charge in [-0.05, 0) is 74.7 Å². The van der Waals surface area contributed by atoms with Gasteiger partial charge in [-0.15, -0.1) is 0 Å². The van der Waals surface area contributed by atoms with E-state index in [1.54, 1.807) is 11.0 Å². The van der Waals surface area contributed by atoms with Gasteiger partial charge in [-0.1, -0.05) is 44.2 Å². The minimum Gasteiger partial charge on any atom is -0.411 e. The first-order valence-corrected chi connectivity index (χ1v) is 17.6. The summed E-state index contributed by atoms with van der Waals surface area (Å²) < 4.78 is 6.46. The van der Waals surface area contributed by atoms with Crippen LogP contribution < -0.4 is 5.32 Å². The summed E-state index contributed by atoms with van der Waals surface area (Å²) in [5.74, 6) is 0. The van der Waals surface area contributed by atoms with Gasteiger partial charge in [0.1, 0.15) is 0 Å². The number of carbonyl (C=O) groups is 1. The smallest absolute Gasteiger partial charge is 0.323 e. The average molecular weight is 587 g/mol. The number of hydrogen-bond donors (Lipinski definition) is 1. The predicted octanol–water partition coefficient (Wildman–Crippen LogP) is 7.73. The van der Waals surface area contributed by atoms with E-state index in [4.69, 9.17) is 14.4 Å². The summed E-state index contributed by atoms with van der Waals surface area (Å²) in [4.78, 5) is 25.4. The number of aryl methyl sites for hydroxylation is 1. The monoisotopic (exact) mass is 586 g/mol. The molecule has 2 amide bonds. The molecule has 1 aliphatic rings. The number of thiazole rings is 1. The van der Waals surface area contributed by atoms with Crippen LogP contribution in [0.15, 0.2) is 36.4 Å². The third kappa shape index (κ3) is 7.02. The Morgan fingerprint density at radius 2 is 1.85 bits per heavy atom. The Hall–Kier alpha value is -3.57. The molecule has 0 atom stereocenters. The van der Waals surface area contributed by atoms with E-state index in [0.717, 1.165) is 27.4 Å². The number of pyridine rings is 1. The maximum Gasteiger partial charge on any atom is 0.323 e. The van der Waals surface area contributed by atoms with Gasteiger partial charge in [-0.2, -0.15) is 10.5 Å². The number of likely N-dealkylation sites (tertiary alicyclic amines) is 1. The third-order valence-corrected chi connectivity index (χ3v) is 13.7. The van der Waals surface area contributed by atoms with Crippen LogP contribution in [0.2, 0.25) is 18.1 Å². The molecule has 3 heterocycles. The van der Waals surface area contributed by atoms with Crippen LogP contribution in [-0.4, -0.2) is 42.3 Å². The topological polar surface area (TPSA) is 115 Å². The van der Waals surface area contributed by atoms with E-state index in [-0.39, 0.29) is 11.1 Å². The van der Waals surface area contributed by atoms with E-state index >= 15 is 0 Å². The summed E-state index contributed by atoms with van der Waals surface area (Å²) in [6.45, 7) is 16.5. The van der Waals surface area contributed by atoms with E-state index < -0.39 is 13.7 Å². The number of anilines is 1. The molecule has 0 saturated carbocycles. The molecule has 0 aliphatic carbocycles. The van der Waals surface area contributed by atoms with Gasteiger partial charge in [0.2, 0.25) is 0 Å². The lowest BCUT2D eigenvalue weighted by Gasteiger charge is -2.36. The number of nitriles is 2. The van der Waals surface area contributed by atoms with Crippen LogP contribution in [0.25, 0.3) is 21.7 Å². The molecule has 1 fully saturated rings. The molecule has 8 nitrogen and oxygen atoms in total. The van der Waals surface area contributed by atoms with Crippen molar-refractivity contribution in [2.24, 2.45) is 5.41 Å². The van der Waals surface area contributed by atoms with E-state index in [1.807, 2.05) is 44.2 Å². The number of rotatable bonds is 6. The Kier molecular flexibility index (Phi) is 8.69. The molecular weight excluding hydrogens is 549 g/mol. The number of piperidine rings is 1. The van der Waals surface area contributed by atoms with E-state index in [1.165, 1.54) is 11.3 Å². The number of hydrogen-bond acceptors (Lipinski definition) is 7. The first kappa shape index (κ1) is 30.4. The molecule has 41 heavy (non-hydrogen) atoms. The number of carbonyl (C=O) groups excluding carboxylic acids is 1. The molecule has 214 valence electrons. The molecule has 1 saturated heterocycles. The van der Waals surface area contributed by atoms with Crippen molar-refractivity contribution in [1.82, 2.24) is 14.9 Å². The summed E-state index contributed by atoms with van der Waals surface area (Å²) in [7, 11) is -1.97. The van der Waals surface area contributed by atoms with Crippen LogP contribution in [0, 0.1) is 35.0 Å². The van der Waals surface area contributed by atoms with Gasteiger partial charge < -0.3 is 9.33 Å². The number of urea groups is 1. The van der Waals surface area contributed by atoms with Crippen LogP contribution in [0.4, 0.5) is 9.93 Å². The zero-order chi connectivity index (χ0) is 30.0. The fourth-order valence-electron chi connectivity index (χ4n) is 4.40. The number of amides is 2. The largest absolute Gasteiger partial charge is 0.411 e. The van der Waals surface area contributed by atoms with Crippen LogP contribution in [0.5, 0.6) is 0 Å². The van der Waals surface area contributed by atoms with Crippen molar-refractivity contribution >= 4 is 30.8 Å². The molecule has 4 rings (SSSR count). The minimum absolute atomic E-state index is 0.0882. The molecule has 0 bridgehead atoms. The average Bonchev–Trinajstić information content (AvgIpc) is 3.35. The molecule has 2 aromatic heterocycles. The Bertz CT molecular complexity index is 1520. The molecule has 0 radical (unpaired) electrons. The molecule has 1 aliphatic heterocycles. The van der Waals surface area contributed by atoms with Crippen molar-refractivity contribution in [2.75, 3.05) is 18.4 Å². The summed E-state index contributed by atoms with van der Waals surface area (Å²) >= 11 is 1.40. The van der Waals surface area contributed by atoms with Gasteiger partial charge in [-0.3, -0.25) is 10.3 Å². The van der Waals surface area contributed by atoms with Crippen molar-refractivity contribution in [3.8, 4) is 33.8 Å². The van der Waals surface area contributed by atoms with Crippen LogP contribution in [0.3, 0.4) is 0 Å². The van der Waals surface area contributed by atoms with Gasteiger partial charge in [0.05, 0.1) is 46.0 Å². The highest BCUT2D eigenvalue weighted by Gasteiger charge is 2.37. The second kappa shape index (κ2) is 11.7. The summed E-state index contributed by atoms with van der Waals surface area (Å²) in [5.41, 5.74) is 4.28. The SMILES string of the molecule is Cc1cc(-c2sc(NC(=O)N3CCC(C)(C#N)CC3)nc2-c2cccc(C#N)c2)cc(CO[Si](C)(C)C(C)(C)C)n1. The van der Waals surface area contributed by atoms with Gasteiger partial charge in [-0.25, -0.2) is 9.78 Å². The molecule has 0 unspecified atom stereocenters. The standard InChI is InChI=1S/C31H38N6O2SSi/c1-21-15-24(17-25(34-21)19-39-41(6,7)30(2,3)4)27-26(23-10-8-9-22(16-23)18-32)35-28(40-27)36-29(38)37-13-11-31(5,20-33)12-14-37/h8-10,15-17H,11-14,19H2,1-7H3,(H,35,36,38). The van der Waals surface area contributed by atoms with Crippen molar-refractivity contribution < 1.29 is 9.22 Å². The number of aromatic nitrogens is 2. The first-order valence-electron chi connectivity index (χ1n) is 13.8. The lowest BCUT2D eigenvalue weighted by molar-refractivity contribution is 0.166. The third-order valence-electron chi connectivity index (χ3n) is 8.19. The van der Waals surface area contributed by atoms with Crippen molar-refractivity contribution in [1.29, 1.82) is 10.5 Å².